The van der Waals surface area contributed by atoms with E-state index < -0.39 is 10.1 Å². The van der Waals surface area contributed by atoms with Crippen molar-refractivity contribution in [2.24, 2.45) is 0 Å². The molecule has 6 nitrogen and oxygen atoms in total. The summed E-state index contributed by atoms with van der Waals surface area (Å²) in [7, 11) is -3.58. The first-order chi connectivity index (χ1) is 13.8. The molecule has 0 bridgehead atoms. The summed E-state index contributed by atoms with van der Waals surface area (Å²) in [5.41, 5.74) is 1.40. The zero-order valence-corrected chi connectivity index (χ0v) is 18.5. The summed E-state index contributed by atoms with van der Waals surface area (Å²) in [6.45, 7) is 7.69. The fourth-order valence-corrected chi connectivity index (χ4v) is 4.82. The molecule has 1 aromatic heterocycles. The number of nitrogens with zero attached hydrogens (tertiary/aromatic N) is 1. The second kappa shape index (κ2) is 9.21. The zero-order valence-electron chi connectivity index (χ0n) is 16.9. The van der Waals surface area contributed by atoms with Crippen LogP contribution in [0.25, 0.3) is 20.2 Å². The second-order valence-electron chi connectivity index (χ2n) is 6.82. The molecule has 0 fully saturated rings. The third-order valence-electron chi connectivity index (χ3n) is 4.88. The summed E-state index contributed by atoms with van der Waals surface area (Å²) in [6, 6.07) is 11.2. The van der Waals surface area contributed by atoms with Gasteiger partial charge in [0.05, 0.1) is 18.2 Å². The number of hydrogen-bond donors (Lipinski definition) is 1. The van der Waals surface area contributed by atoms with Gasteiger partial charge in [0, 0.05) is 33.6 Å². The molecule has 2 aromatic carbocycles. The van der Waals surface area contributed by atoms with Crippen molar-refractivity contribution in [2.45, 2.75) is 20.5 Å². The first-order valence-electron chi connectivity index (χ1n) is 9.62. The number of benzene rings is 2. The Morgan fingerprint density at radius 3 is 2.52 bits per heavy atom. The van der Waals surface area contributed by atoms with Crippen LogP contribution < -0.4 is 10.7 Å². The highest BCUT2D eigenvalue weighted by molar-refractivity contribution is 7.85. The summed E-state index contributed by atoms with van der Waals surface area (Å²) < 4.78 is 29.5. The molecule has 3 rings (SSSR count). The van der Waals surface area contributed by atoms with Crippen LogP contribution in [0.3, 0.4) is 0 Å². The third-order valence-corrected chi connectivity index (χ3v) is 6.67. The molecule has 0 saturated carbocycles. The van der Waals surface area contributed by atoms with E-state index in [2.05, 4.69) is 24.1 Å². The quantitative estimate of drug-likeness (QED) is 0.409. The first-order valence-corrected chi connectivity index (χ1v) is 12.3. The Balaban J connectivity index is 2.07. The lowest BCUT2D eigenvalue weighted by Gasteiger charge is -2.19. The minimum absolute atomic E-state index is 0.0547. The summed E-state index contributed by atoms with van der Waals surface area (Å²) >= 11 is 1.48. The smallest absolute Gasteiger partial charge is 0.264 e. The predicted molar refractivity (Wildman–Crippen MR) is 122 cm³/mol. The van der Waals surface area contributed by atoms with Gasteiger partial charge in [-0.1, -0.05) is 32.0 Å². The van der Waals surface area contributed by atoms with Gasteiger partial charge in [-0.3, -0.25) is 8.98 Å². The molecule has 0 amide bonds. The molecule has 0 unspecified atom stereocenters. The number of rotatable bonds is 9. The van der Waals surface area contributed by atoms with Crippen LogP contribution in [-0.2, 0) is 20.9 Å². The molecule has 29 heavy (non-hydrogen) atoms. The minimum atomic E-state index is -3.58. The molecule has 0 aliphatic carbocycles. The molecular weight excluding hydrogens is 408 g/mol. The molecule has 0 spiro atoms. The van der Waals surface area contributed by atoms with E-state index in [-0.39, 0.29) is 12.0 Å². The zero-order chi connectivity index (χ0) is 21.0. The lowest BCUT2D eigenvalue weighted by Crippen LogP contribution is -2.28. The van der Waals surface area contributed by atoms with Crippen LogP contribution in [-0.4, -0.2) is 45.8 Å². The van der Waals surface area contributed by atoms with Crippen LogP contribution in [0.15, 0.2) is 41.2 Å². The van der Waals surface area contributed by atoms with Gasteiger partial charge in [-0.05, 0) is 36.9 Å². The fraction of sp³-hybridized carbons (Fsp3) is 0.381. The van der Waals surface area contributed by atoms with E-state index in [1.165, 1.54) is 11.3 Å². The van der Waals surface area contributed by atoms with Gasteiger partial charge in [-0.2, -0.15) is 8.42 Å². The van der Waals surface area contributed by atoms with E-state index in [0.29, 0.717) is 22.9 Å². The standard InChI is InChI=1S/C21H26N2O4S2/c1-4-23(5-2)13-12-22-17-11-10-15(14-27-29(3,25)26)21-19(17)20(24)16-8-6-7-9-18(16)28-21/h6-11,22H,4-5,12-14H2,1-3H3. The largest absolute Gasteiger partial charge is 0.383 e. The predicted octanol–water partition coefficient (Wildman–Crippen LogP) is 3.64. The Labute approximate surface area is 175 Å². The molecule has 1 N–H and O–H groups in total. The molecular formula is C21H26N2O4S2. The van der Waals surface area contributed by atoms with Crippen LogP contribution in [0, 0.1) is 0 Å². The Kier molecular flexibility index (Phi) is 6.89. The maximum absolute atomic E-state index is 13.3. The Bertz CT molecular complexity index is 1170. The van der Waals surface area contributed by atoms with Gasteiger partial charge in [-0.25, -0.2) is 0 Å². The minimum Gasteiger partial charge on any atom is -0.383 e. The van der Waals surface area contributed by atoms with E-state index >= 15 is 0 Å². The number of likely N-dealkylation sites (N-methyl/N-ethyl adjacent to an activating group) is 1. The number of nitrogens with one attached hydrogen (secondary N) is 1. The highest BCUT2D eigenvalue weighted by Gasteiger charge is 2.15. The van der Waals surface area contributed by atoms with E-state index in [4.69, 9.17) is 4.18 Å². The molecule has 0 aliphatic heterocycles. The summed E-state index contributed by atoms with van der Waals surface area (Å²) in [5, 5.41) is 4.65. The molecule has 0 atom stereocenters. The van der Waals surface area contributed by atoms with E-state index in [1.54, 1.807) is 0 Å². The highest BCUT2D eigenvalue weighted by Crippen LogP contribution is 2.32. The topological polar surface area (TPSA) is 75.7 Å². The van der Waals surface area contributed by atoms with Crippen molar-refractivity contribution in [3.8, 4) is 0 Å². The maximum atomic E-state index is 13.3. The molecule has 156 valence electrons. The van der Waals surface area contributed by atoms with Gasteiger partial charge < -0.3 is 10.2 Å². The van der Waals surface area contributed by atoms with Crippen molar-refractivity contribution in [1.29, 1.82) is 0 Å². The average Bonchev–Trinajstić information content (AvgIpc) is 2.69. The molecule has 3 aromatic rings. The van der Waals surface area contributed by atoms with Gasteiger partial charge in [0.2, 0.25) is 0 Å². The summed E-state index contributed by atoms with van der Waals surface area (Å²) in [5.74, 6) is 0. The van der Waals surface area contributed by atoms with Crippen molar-refractivity contribution >= 4 is 47.3 Å². The Morgan fingerprint density at radius 2 is 1.83 bits per heavy atom. The van der Waals surface area contributed by atoms with Gasteiger partial charge in [0.15, 0.2) is 5.43 Å². The first kappa shape index (κ1) is 21.7. The normalized spacial score (nSPS) is 12.1. The van der Waals surface area contributed by atoms with Gasteiger partial charge >= 0.3 is 0 Å². The van der Waals surface area contributed by atoms with Crippen molar-refractivity contribution in [2.75, 3.05) is 37.8 Å². The van der Waals surface area contributed by atoms with Gasteiger partial charge in [0.1, 0.15) is 0 Å². The number of hydrogen-bond acceptors (Lipinski definition) is 7. The van der Waals surface area contributed by atoms with Crippen LogP contribution in [0.5, 0.6) is 0 Å². The van der Waals surface area contributed by atoms with E-state index in [9.17, 15) is 13.2 Å². The van der Waals surface area contributed by atoms with Crippen LogP contribution >= 0.6 is 11.3 Å². The van der Waals surface area contributed by atoms with Crippen LogP contribution in [0.1, 0.15) is 19.4 Å². The molecule has 0 aliphatic rings. The number of fused-ring (bicyclic) bond motifs is 2. The lowest BCUT2D eigenvalue weighted by molar-refractivity contribution is 0.313. The van der Waals surface area contributed by atoms with Crippen molar-refractivity contribution < 1.29 is 12.6 Å². The average molecular weight is 435 g/mol. The molecule has 1 heterocycles. The monoisotopic (exact) mass is 434 g/mol. The van der Waals surface area contributed by atoms with Crippen LogP contribution in [0.4, 0.5) is 5.69 Å². The summed E-state index contributed by atoms with van der Waals surface area (Å²) in [6.07, 6.45) is 1.02. The number of anilines is 1. The Morgan fingerprint density at radius 1 is 1.10 bits per heavy atom. The summed E-state index contributed by atoms with van der Waals surface area (Å²) in [4.78, 5) is 15.6. The SMILES string of the molecule is CCN(CC)CCNc1ccc(COS(C)(=O)=O)c2sc3ccccc3c(=O)c12. The maximum Gasteiger partial charge on any atom is 0.264 e. The lowest BCUT2D eigenvalue weighted by atomic mass is 10.1. The molecule has 0 saturated heterocycles. The van der Waals surface area contributed by atoms with Gasteiger partial charge in [-0.15, -0.1) is 11.3 Å². The van der Waals surface area contributed by atoms with Crippen molar-refractivity contribution in [1.82, 2.24) is 4.90 Å². The van der Waals surface area contributed by atoms with Crippen molar-refractivity contribution in [3.05, 3.63) is 52.2 Å². The highest BCUT2D eigenvalue weighted by atomic mass is 32.2. The second-order valence-corrected chi connectivity index (χ2v) is 9.52. The van der Waals surface area contributed by atoms with Gasteiger partial charge in [0.25, 0.3) is 10.1 Å². The van der Waals surface area contributed by atoms with Crippen LogP contribution in [0.2, 0.25) is 0 Å². The Hall–Kier alpha value is -2.00. The molecule has 8 heteroatoms. The van der Waals surface area contributed by atoms with E-state index in [0.717, 1.165) is 41.0 Å². The fourth-order valence-electron chi connectivity index (χ4n) is 3.28. The third kappa shape index (κ3) is 5.14. The van der Waals surface area contributed by atoms with E-state index in [1.807, 2.05) is 36.4 Å². The molecule has 0 radical (unpaired) electrons. The van der Waals surface area contributed by atoms with Crippen molar-refractivity contribution in [3.63, 3.8) is 0 Å².